The van der Waals surface area contributed by atoms with E-state index in [4.69, 9.17) is 0 Å². The molecule has 120 valence electrons. The molecule has 0 saturated carbocycles. The largest absolute Gasteiger partial charge is 0.317 e. The first-order chi connectivity index (χ1) is 9.45. The van der Waals surface area contributed by atoms with Gasteiger partial charge in [-0.05, 0) is 50.6 Å². The van der Waals surface area contributed by atoms with E-state index in [-0.39, 0.29) is 0 Å². The molecule has 1 aliphatic rings. The molecular weight excluding hydrogens is 274 g/mol. The van der Waals surface area contributed by atoms with Crippen molar-refractivity contribution >= 4 is 10.2 Å². The average Bonchev–Trinajstić information content (AvgIpc) is 2.42. The fraction of sp³-hybridized carbons (Fsp3) is 1.00. The molecule has 1 rings (SSSR count). The van der Waals surface area contributed by atoms with Gasteiger partial charge in [-0.3, -0.25) is 0 Å². The molecule has 1 aliphatic heterocycles. The van der Waals surface area contributed by atoms with E-state index in [1.54, 1.807) is 4.31 Å². The lowest BCUT2D eigenvalue weighted by molar-refractivity contribution is 0.266. The van der Waals surface area contributed by atoms with Crippen LogP contribution >= 0.6 is 0 Å². The van der Waals surface area contributed by atoms with E-state index in [1.807, 2.05) is 0 Å². The van der Waals surface area contributed by atoms with Crippen LogP contribution in [0.25, 0.3) is 0 Å². The molecule has 1 saturated heterocycles. The summed E-state index contributed by atoms with van der Waals surface area (Å²) in [5.74, 6) is 1.24. The quantitative estimate of drug-likeness (QED) is 0.636. The molecule has 0 aliphatic carbocycles. The van der Waals surface area contributed by atoms with Gasteiger partial charge in [0.2, 0.25) is 0 Å². The molecule has 0 amide bonds. The molecule has 1 heterocycles. The van der Waals surface area contributed by atoms with Crippen LogP contribution in [-0.4, -0.2) is 45.4 Å². The van der Waals surface area contributed by atoms with E-state index >= 15 is 0 Å². The van der Waals surface area contributed by atoms with Crippen LogP contribution in [0, 0.1) is 11.8 Å². The van der Waals surface area contributed by atoms with Crippen molar-refractivity contribution in [2.75, 3.05) is 32.7 Å². The van der Waals surface area contributed by atoms with Crippen molar-refractivity contribution in [3.8, 4) is 0 Å². The Hall–Kier alpha value is -0.170. The van der Waals surface area contributed by atoms with Crippen LogP contribution in [0.3, 0.4) is 0 Å². The lowest BCUT2D eigenvalue weighted by Gasteiger charge is -2.31. The molecule has 2 N–H and O–H groups in total. The molecule has 1 fully saturated rings. The highest BCUT2D eigenvalue weighted by molar-refractivity contribution is 7.87. The zero-order chi connectivity index (χ0) is 15.0. The van der Waals surface area contributed by atoms with Gasteiger partial charge in [-0.25, -0.2) is 4.72 Å². The minimum atomic E-state index is -3.26. The summed E-state index contributed by atoms with van der Waals surface area (Å²) in [7, 11) is -3.26. The van der Waals surface area contributed by atoms with E-state index in [2.05, 4.69) is 30.8 Å². The molecule has 0 aromatic carbocycles. The summed E-state index contributed by atoms with van der Waals surface area (Å²) in [6, 6.07) is 0. The predicted octanol–water partition coefficient (Wildman–Crippen LogP) is 1.58. The third kappa shape index (κ3) is 6.52. The SMILES string of the molecule is CCNCC1CCN(S(=O)(=O)NCCCC(C)C)CC1. The summed E-state index contributed by atoms with van der Waals surface area (Å²) < 4.78 is 28.6. The molecule has 20 heavy (non-hydrogen) atoms. The van der Waals surface area contributed by atoms with Crippen molar-refractivity contribution in [2.24, 2.45) is 11.8 Å². The number of hydrogen-bond acceptors (Lipinski definition) is 3. The maximum Gasteiger partial charge on any atom is 0.279 e. The smallest absolute Gasteiger partial charge is 0.279 e. The summed E-state index contributed by atoms with van der Waals surface area (Å²) in [6.45, 7) is 10.2. The Morgan fingerprint density at radius 3 is 2.45 bits per heavy atom. The van der Waals surface area contributed by atoms with Crippen LogP contribution in [0.2, 0.25) is 0 Å². The third-order valence-corrected chi connectivity index (χ3v) is 5.45. The van der Waals surface area contributed by atoms with E-state index in [0.717, 1.165) is 38.8 Å². The fourth-order valence-corrected chi connectivity index (χ4v) is 3.78. The Bertz CT molecular complexity index is 349. The summed E-state index contributed by atoms with van der Waals surface area (Å²) in [5, 5.41) is 3.34. The zero-order valence-corrected chi connectivity index (χ0v) is 14.0. The highest BCUT2D eigenvalue weighted by Crippen LogP contribution is 2.18. The number of hydrogen-bond donors (Lipinski definition) is 2. The van der Waals surface area contributed by atoms with Crippen molar-refractivity contribution < 1.29 is 8.42 Å². The van der Waals surface area contributed by atoms with Crippen molar-refractivity contribution in [1.29, 1.82) is 0 Å². The maximum absolute atomic E-state index is 12.2. The number of piperidine rings is 1. The van der Waals surface area contributed by atoms with Crippen LogP contribution in [0.15, 0.2) is 0 Å². The first-order valence-electron chi connectivity index (χ1n) is 7.91. The predicted molar refractivity (Wildman–Crippen MR) is 83.8 cm³/mol. The zero-order valence-electron chi connectivity index (χ0n) is 13.2. The van der Waals surface area contributed by atoms with Gasteiger partial charge in [0.1, 0.15) is 0 Å². The molecule has 0 aromatic heterocycles. The van der Waals surface area contributed by atoms with Gasteiger partial charge in [-0.1, -0.05) is 20.8 Å². The van der Waals surface area contributed by atoms with Crippen molar-refractivity contribution in [3.63, 3.8) is 0 Å². The van der Waals surface area contributed by atoms with Crippen LogP contribution in [0.5, 0.6) is 0 Å². The summed E-state index contributed by atoms with van der Waals surface area (Å²) in [5.41, 5.74) is 0. The molecule has 0 spiro atoms. The van der Waals surface area contributed by atoms with Gasteiger partial charge in [0.05, 0.1) is 0 Å². The molecule has 5 nitrogen and oxygen atoms in total. The second-order valence-corrected chi connectivity index (χ2v) is 7.84. The highest BCUT2D eigenvalue weighted by Gasteiger charge is 2.27. The summed E-state index contributed by atoms with van der Waals surface area (Å²) >= 11 is 0. The van der Waals surface area contributed by atoms with Crippen LogP contribution < -0.4 is 10.0 Å². The Morgan fingerprint density at radius 1 is 1.25 bits per heavy atom. The minimum Gasteiger partial charge on any atom is -0.317 e. The van der Waals surface area contributed by atoms with Crippen molar-refractivity contribution in [2.45, 2.75) is 46.5 Å². The highest BCUT2D eigenvalue weighted by atomic mass is 32.2. The number of nitrogens with zero attached hydrogens (tertiary/aromatic N) is 1. The molecule has 0 aromatic rings. The summed E-state index contributed by atoms with van der Waals surface area (Å²) in [4.78, 5) is 0. The molecule has 0 atom stereocenters. The molecule has 6 heteroatoms. The average molecular weight is 305 g/mol. The monoisotopic (exact) mass is 305 g/mol. The number of rotatable bonds is 9. The van der Waals surface area contributed by atoms with Gasteiger partial charge in [0.25, 0.3) is 10.2 Å². The van der Waals surface area contributed by atoms with Crippen molar-refractivity contribution in [1.82, 2.24) is 14.3 Å². The second kappa shape index (κ2) is 8.97. The lowest BCUT2D eigenvalue weighted by Crippen LogP contribution is -2.46. The normalized spacial score (nSPS) is 18.8. The van der Waals surface area contributed by atoms with Gasteiger partial charge in [0, 0.05) is 19.6 Å². The van der Waals surface area contributed by atoms with Gasteiger partial charge >= 0.3 is 0 Å². The van der Waals surface area contributed by atoms with Crippen LogP contribution in [-0.2, 0) is 10.2 Å². The Labute approximate surface area is 124 Å². The van der Waals surface area contributed by atoms with Crippen molar-refractivity contribution in [3.05, 3.63) is 0 Å². The lowest BCUT2D eigenvalue weighted by atomic mass is 9.98. The third-order valence-electron chi connectivity index (χ3n) is 3.84. The maximum atomic E-state index is 12.2. The Morgan fingerprint density at radius 2 is 1.90 bits per heavy atom. The molecule has 0 unspecified atom stereocenters. The Kier molecular flexibility index (Phi) is 8.02. The van der Waals surface area contributed by atoms with Gasteiger partial charge < -0.3 is 5.32 Å². The first-order valence-corrected chi connectivity index (χ1v) is 9.35. The first kappa shape index (κ1) is 17.9. The molecule has 0 bridgehead atoms. The number of nitrogens with one attached hydrogen (secondary N) is 2. The minimum absolute atomic E-state index is 0.553. The molecule has 0 radical (unpaired) electrons. The standard InChI is InChI=1S/C14H31N3O2S/c1-4-15-12-14-7-10-17(11-8-14)20(18,19)16-9-5-6-13(2)3/h13-16H,4-12H2,1-3H3. The topological polar surface area (TPSA) is 61.4 Å². The Balaban J connectivity index is 2.28. The van der Waals surface area contributed by atoms with E-state index in [1.165, 1.54) is 0 Å². The fourth-order valence-electron chi connectivity index (χ4n) is 2.50. The van der Waals surface area contributed by atoms with E-state index < -0.39 is 10.2 Å². The van der Waals surface area contributed by atoms with Crippen LogP contribution in [0.1, 0.15) is 46.5 Å². The van der Waals surface area contributed by atoms with Gasteiger partial charge in [-0.2, -0.15) is 12.7 Å². The summed E-state index contributed by atoms with van der Waals surface area (Å²) in [6.07, 6.45) is 3.89. The van der Waals surface area contributed by atoms with Crippen LogP contribution in [0.4, 0.5) is 0 Å². The van der Waals surface area contributed by atoms with Gasteiger partial charge in [0.15, 0.2) is 0 Å². The molecular formula is C14H31N3O2S. The van der Waals surface area contributed by atoms with Gasteiger partial charge in [-0.15, -0.1) is 0 Å². The van der Waals surface area contributed by atoms with E-state index in [9.17, 15) is 8.42 Å². The second-order valence-electron chi connectivity index (χ2n) is 6.09. The van der Waals surface area contributed by atoms with E-state index in [0.29, 0.717) is 31.5 Å².